The lowest BCUT2D eigenvalue weighted by Crippen LogP contribution is -2.33. The molecule has 0 aromatic heterocycles. The summed E-state index contributed by atoms with van der Waals surface area (Å²) in [5, 5.41) is 0. The summed E-state index contributed by atoms with van der Waals surface area (Å²) in [7, 11) is 0. The maximum Gasteiger partial charge on any atom is 0.248 e. The summed E-state index contributed by atoms with van der Waals surface area (Å²) in [6.45, 7) is 4.67. The molecule has 5 heteroatoms. The van der Waals surface area contributed by atoms with Crippen LogP contribution in [0, 0.1) is 5.92 Å². The van der Waals surface area contributed by atoms with Gasteiger partial charge in [-0.15, -0.1) is 0 Å². The van der Waals surface area contributed by atoms with E-state index < -0.39 is 0 Å². The molecule has 108 valence electrons. The van der Waals surface area contributed by atoms with Crippen molar-refractivity contribution >= 4 is 17.5 Å². The maximum atomic E-state index is 12.1. The fourth-order valence-corrected chi connectivity index (χ4v) is 2.42. The number of nitrogens with one attached hydrogen (secondary N) is 1. The van der Waals surface area contributed by atoms with Crippen LogP contribution in [0.5, 0.6) is 0 Å². The quantitative estimate of drug-likeness (QED) is 0.832. The first-order valence-electron chi connectivity index (χ1n) is 6.97. The van der Waals surface area contributed by atoms with Gasteiger partial charge in [-0.1, -0.05) is 25.1 Å². The molecular formula is C15H20N2O3. The van der Waals surface area contributed by atoms with Crippen LogP contribution in [0.15, 0.2) is 24.3 Å². The van der Waals surface area contributed by atoms with E-state index in [9.17, 15) is 9.59 Å². The summed E-state index contributed by atoms with van der Waals surface area (Å²) in [5.41, 5.74) is 4.40. The highest BCUT2D eigenvalue weighted by Gasteiger charge is 2.35. The number of nitrogens with zero attached hydrogens (tertiary/aromatic N) is 1. The fraction of sp³-hybridized carbons (Fsp3) is 0.467. The van der Waals surface area contributed by atoms with Crippen LogP contribution in [-0.4, -0.2) is 25.0 Å². The van der Waals surface area contributed by atoms with E-state index in [0.29, 0.717) is 13.2 Å². The second-order valence-corrected chi connectivity index (χ2v) is 4.79. The zero-order valence-electron chi connectivity index (χ0n) is 11.9. The van der Waals surface area contributed by atoms with Crippen molar-refractivity contribution in [3.63, 3.8) is 0 Å². The van der Waals surface area contributed by atoms with Crippen LogP contribution in [0.3, 0.4) is 0 Å². The Balaban J connectivity index is 2.11. The van der Waals surface area contributed by atoms with Crippen LogP contribution in [0.1, 0.15) is 25.8 Å². The lowest BCUT2D eigenvalue weighted by molar-refractivity contribution is -0.137. The van der Waals surface area contributed by atoms with Crippen molar-refractivity contribution in [3.8, 4) is 0 Å². The number of hydrogen-bond acceptors (Lipinski definition) is 3. The van der Waals surface area contributed by atoms with Gasteiger partial charge in [-0.05, 0) is 25.0 Å². The predicted octanol–water partition coefficient (Wildman–Crippen LogP) is 1.67. The molecular weight excluding hydrogens is 256 g/mol. The third kappa shape index (κ3) is 2.99. The first-order valence-corrected chi connectivity index (χ1v) is 6.97. The molecule has 1 fully saturated rings. The third-order valence-corrected chi connectivity index (χ3v) is 3.48. The summed E-state index contributed by atoms with van der Waals surface area (Å²) >= 11 is 0. The van der Waals surface area contributed by atoms with Crippen molar-refractivity contribution in [3.05, 3.63) is 29.8 Å². The molecule has 2 rings (SSSR count). The summed E-state index contributed by atoms with van der Waals surface area (Å²) in [6, 6.07) is 7.81. The number of benzene rings is 1. The van der Waals surface area contributed by atoms with E-state index in [1.165, 1.54) is 0 Å². The predicted molar refractivity (Wildman–Crippen MR) is 76.0 cm³/mol. The van der Waals surface area contributed by atoms with Gasteiger partial charge >= 0.3 is 0 Å². The van der Waals surface area contributed by atoms with Gasteiger partial charge in [-0.2, -0.15) is 0 Å². The highest BCUT2D eigenvalue weighted by atomic mass is 16.6. The summed E-state index contributed by atoms with van der Waals surface area (Å²) < 4.78 is 0. The molecule has 0 aliphatic carbocycles. The maximum absolute atomic E-state index is 12.1. The van der Waals surface area contributed by atoms with Crippen molar-refractivity contribution in [2.75, 3.05) is 18.1 Å². The van der Waals surface area contributed by atoms with Gasteiger partial charge in [-0.3, -0.25) is 14.4 Å². The topological polar surface area (TPSA) is 58.6 Å². The monoisotopic (exact) mass is 276 g/mol. The average Bonchev–Trinajstić information content (AvgIpc) is 2.86. The number of anilines is 1. The smallest absolute Gasteiger partial charge is 0.248 e. The number of carbonyl (C=O) groups is 2. The van der Waals surface area contributed by atoms with E-state index in [-0.39, 0.29) is 24.2 Å². The van der Waals surface area contributed by atoms with Crippen LogP contribution in [0.25, 0.3) is 0 Å². The van der Waals surface area contributed by atoms with Gasteiger partial charge in [0.25, 0.3) is 0 Å². The summed E-state index contributed by atoms with van der Waals surface area (Å²) in [5.74, 6) is -0.585. The van der Waals surface area contributed by atoms with Crippen LogP contribution in [0.4, 0.5) is 5.69 Å². The lowest BCUT2D eigenvalue weighted by atomic mass is 10.1. The Kier molecular flexibility index (Phi) is 4.74. The molecule has 1 N–H and O–H groups in total. The Morgan fingerprint density at radius 2 is 2.15 bits per heavy atom. The first kappa shape index (κ1) is 14.5. The van der Waals surface area contributed by atoms with E-state index in [4.69, 9.17) is 4.84 Å². The second-order valence-electron chi connectivity index (χ2n) is 4.79. The Hall–Kier alpha value is -1.88. The molecule has 1 atom stereocenters. The van der Waals surface area contributed by atoms with Crippen LogP contribution in [0.2, 0.25) is 0 Å². The normalized spacial score (nSPS) is 18.4. The molecule has 1 aromatic rings. The minimum atomic E-state index is -0.348. The summed E-state index contributed by atoms with van der Waals surface area (Å²) in [6.07, 6.45) is 1.09. The molecule has 5 nitrogen and oxygen atoms in total. The largest absolute Gasteiger partial charge is 0.311 e. The van der Waals surface area contributed by atoms with Gasteiger partial charge < -0.3 is 4.90 Å². The zero-order valence-corrected chi connectivity index (χ0v) is 11.9. The molecule has 2 amide bonds. The van der Waals surface area contributed by atoms with E-state index in [1.807, 2.05) is 24.3 Å². The number of hydrogen-bond donors (Lipinski definition) is 1. The van der Waals surface area contributed by atoms with E-state index in [1.54, 1.807) is 11.8 Å². The summed E-state index contributed by atoms with van der Waals surface area (Å²) in [4.78, 5) is 30.6. The van der Waals surface area contributed by atoms with E-state index >= 15 is 0 Å². The number of amides is 2. The molecule has 0 spiro atoms. The molecule has 20 heavy (non-hydrogen) atoms. The van der Waals surface area contributed by atoms with Gasteiger partial charge in [-0.25, -0.2) is 5.48 Å². The minimum Gasteiger partial charge on any atom is -0.311 e. The highest BCUT2D eigenvalue weighted by molar-refractivity contribution is 6.00. The van der Waals surface area contributed by atoms with Gasteiger partial charge in [0.1, 0.15) is 0 Å². The van der Waals surface area contributed by atoms with Crippen LogP contribution >= 0.6 is 0 Å². The molecule has 1 saturated heterocycles. The number of aryl methyl sites for hydroxylation is 1. The SMILES string of the molecule is CCONC(=O)[C@H]1CC(=O)N(c2ccccc2CC)C1. The minimum absolute atomic E-state index is 0.0115. The molecule has 0 unspecified atom stereocenters. The highest BCUT2D eigenvalue weighted by Crippen LogP contribution is 2.28. The Morgan fingerprint density at radius 3 is 2.85 bits per heavy atom. The first-order chi connectivity index (χ1) is 9.67. The van der Waals surface area contributed by atoms with Gasteiger partial charge in [0.05, 0.1) is 12.5 Å². The lowest BCUT2D eigenvalue weighted by Gasteiger charge is -2.19. The Labute approximate surface area is 118 Å². The number of hydroxylamine groups is 1. The second kappa shape index (κ2) is 6.52. The van der Waals surface area contributed by atoms with Crippen molar-refractivity contribution in [2.24, 2.45) is 5.92 Å². The van der Waals surface area contributed by atoms with Crippen LogP contribution in [-0.2, 0) is 20.8 Å². The number of rotatable bonds is 5. The zero-order chi connectivity index (χ0) is 14.5. The van der Waals surface area contributed by atoms with Crippen LogP contribution < -0.4 is 10.4 Å². The van der Waals surface area contributed by atoms with E-state index in [2.05, 4.69) is 12.4 Å². The molecule has 0 bridgehead atoms. The molecule has 1 aliphatic heterocycles. The average molecular weight is 276 g/mol. The fourth-order valence-electron chi connectivity index (χ4n) is 2.42. The van der Waals surface area contributed by atoms with Crippen molar-refractivity contribution in [2.45, 2.75) is 26.7 Å². The van der Waals surface area contributed by atoms with Gasteiger partial charge in [0.15, 0.2) is 0 Å². The van der Waals surface area contributed by atoms with E-state index in [0.717, 1.165) is 17.7 Å². The van der Waals surface area contributed by atoms with Gasteiger partial charge in [0, 0.05) is 18.7 Å². The number of carbonyl (C=O) groups excluding carboxylic acids is 2. The van der Waals surface area contributed by atoms with Crippen molar-refractivity contribution < 1.29 is 14.4 Å². The Bertz CT molecular complexity index is 502. The molecule has 1 aromatic carbocycles. The molecule has 0 radical (unpaired) electrons. The molecule has 0 saturated carbocycles. The standard InChI is InChI=1S/C15H20N2O3/c1-3-11-7-5-6-8-13(11)17-10-12(9-14(17)18)15(19)16-20-4-2/h5-8,12H,3-4,9-10H2,1-2H3,(H,16,19)/t12-/m0/s1. The molecule has 1 aliphatic rings. The number of para-hydroxylation sites is 1. The Morgan fingerprint density at radius 1 is 1.40 bits per heavy atom. The van der Waals surface area contributed by atoms with Crippen molar-refractivity contribution in [1.82, 2.24) is 5.48 Å². The van der Waals surface area contributed by atoms with Gasteiger partial charge in [0.2, 0.25) is 11.8 Å². The molecule has 1 heterocycles. The van der Waals surface area contributed by atoms with Crippen molar-refractivity contribution in [1.29, 1.82) is 0 Å². The third-order valence-electron chi connectivity index (χ3n) is 3.48.